The van der Waals surface area contributed by atoms with Gasteiger partial charge in [-0.25, -0.2) is 0 Å². The van der Waals surface area contributed by atoms with E-state index in [2.05, 4.69) is 5.32 Å². The standard InChI is InChI=1S/C11H13NO2S2/c1-11(2,14)6-12-10(13)9-5-8-7(16-9)3-4-15-8/h3-5,14H,6H2,1-2H3,(H,12,13). The normalized spacial score (nSPS) is 11.9. The van der Waals surface area contributed by atoms with E-state index in [0.29, 0.717) is 4.88 Å². The molecule has 16 heavy (non-hydrogen) atoms. The molecule has 0 radical (unpaired) electrons. The van der Waals surface area contributed by atoms with E-state index in [-0.39, 0.29) is 12.5 Å². The minimum atomic E-state index is -0.871. The number of hydrogen-bond donors (Lipinski definition) is 2. The van der Waals surface area contributed by atoms with Crippen molar-refractivity contribution in [3.05, 3.63) is 22.4 Å². The molecule has 0 spiro atoms. The average molecular weight is 255 g/mol. The van der Waals surface area contributed by atoms with Crippen LogP contribution in [0.15, 0.2) is 17.5 Å². The molecule has 0 bridgehead atoms. The van der Waals surface area contributed by atoms with E-state index in [9.17, 15) is 9.90 Å². The van der Waals surface area contributed by atoms with E-state index in [4.69, 9.17) is 0 Å². The van der Waals surface area contributed by atoms with Gasteiger partial charge < -0.3 is 10.4 Å². The number of carbonyl (C=O) groups is 1. The SMILES string of the molecule is CC(C)(O)CNC(=O)c1cc2sccc2s1. The third-order valence-electron chi connectivity index (χ3n) is 2.04. The summed E-state index contributed by atoms with van der Waals surface area (Å²) in [4.78, 5) is 12.5. The van der Waals surface area contributed by atoms with Gasteiger partial charge in [-0.15, -0.1) is 22.7 Å². The summed E-state index contributed by atoms with van der Waals surface area (Å²) in [5.41, 5.74) is -0.871. The molecule has 5 heteroatoms. The van der Waals surface area contributed by atoms with Crippen LogP contribution in [-0.4, -0.2) is 23.2 Å². The van der Waals surface area contributed by atoms with Crippen LogP contribution >= 0.6 is 22.7 Å². The van der Waals surface area contributed by atoms with Crippen LogP contribution in [0.5, 0.6) is 0 Å². The zero-order valence-electron chi connectivity index (χ0n) is 9.11. The Morgan fingerprint density at radius 1 is 1.50 bits per heavy atom. The summed E-state index contributed by atoms with van der Waals surface area (Å²) in [6.45, 7) is 3.60. The topological polar surface area (TPSA) is 49.3 Å². The number of fused-ring (bicyclic) bond motifs is 1. The van der Waals surface area contributed by atoms with Crippen molar-refractivity contribution in [2.75, 3.05) is 6.54 Å². The molecule has 2 aromatic rings. The number of hydrogen-bond acceptors (Lipinski definition) is 4. The zero-order valence-corrected chi connectivity index (χ0v) is 10.7. The zero-order chi connectivity index (χ0) is 11.8. The molecule has 0 aliphatic heterocycles. The Morgan fingerprint density at radius 3 is 2.88 bits per heavy atom. The molecule has 0 saturated heterocycles. The molecule has 2 heterocycles. The molecule has 86 valence electrons. The van der Waals surface area contributed by atoms with Crippen LogP contribution in [-0.2, 0) is 0 Å². The van der Waals surface area contributed by atoms with Crippen LogP contribution in [0, 0.1) is 0 Å². The van der Waals surface area contributed by atoms with Gasteiger partial charge in [0.2, 0.25) is 0 Å². The lowest BCUT2D eigenvalue weighted by Crippen LogP contribution is -2.37. The van der Waals surface area contributed by atoms with Gasteiger partial charge in [0.1, 0.15) is 0 Å². The Bertz CT molecular complexity index is 479. The predicted octanol–water partition coefficient (Wildman–Crippen LogP) is 2.46. The molecule has 0 unspecified atom stereocenters. The molecule has 3 nitrogen and oxygen atoms in total. The summed E-state index contributed by atoms with van der Waals surface area (Å²) in [6.07, 6.45) is 0. The fourth-order valence-corrected chi connectivity index (χ4v) is 3.29. The van der Waals surface area contributed by atoms with Gasteiger partial charge in [0, 0.05) is 15.9 Å². The molecule has 2 rings (SSSR count). The Kier molecular flexibility index (Phi) is 3.01. The summed E-state index contributed by atoms with van der Waals surface area (Å²) in [6, 6.07) is 3.90. The molecule has 0 fully saturated rings. The van der Waals surface area contributed by atoms with Crippen molar-refractivity contribution in [2.45, 2.75) is 19.4 Å². The maximum Gasteiger partial charge on any atom is 0.261 e. The van der Waals surface area contributed by atoms with E-state index in [0.717, 1.165) is 9.40 Å². The first kappa shape index (κ1) is 11.6. The van der Waals surface area contributed by atoms with E-state index in [1.165, 1.54) is 11.3 Å². The van der Waals surface area contributed by atoms with E-state index in [1.54, 1.807) is 25.2 Å². The molecule has 2 N–H and O–H groups in total. The van der Waals surface area contributed by atoms with Crippen LogP contribution in [0.25, 0.3) is 9.40 Å². The lowest BCUT2D eigenvalue weighted by Gasteiger charge is -2.17. The maximum atomic E-state index is 11.8. The Labute approximate surface area is 102 Å². The minimum Gasteiger partial charge on any atom is -0.389 e. The van der Waals surface area contributed by atoms with Crippen LogP contribution < -0.4 is 5.32 Å². The van der Waals surface area contributed by atoms with E-state index >= 15 is 0 Å². The first-order valence-corrected chi connectivity index (χ1v) is 6.63. The van der Waals surface area contributed by atoms with Crippen molar-refractivity contribution >= 4 is 38.0 Å². The first-order valence-electron chi connectivity index (χ1n) is 4.93. The highest BCUT2D eigenvalue weighted by molar-refractivity contribution is 7.27. The lowest BCUT2D eigenvalue weighted by atomic mass is 10.1. The maximum absolute atomic E-state index is 11.8. The Hall–Kier alpha value is -0.910. The molecule has 0 saturated carbocycles. The second-order valence-electron chi connectivity index (χ2n) is 4.25. The van der Waals surface area contributed by atoms with Crippen LogP contribution in [0.3, 0.4) is 0 Å². The molecule has 0 atom stereocenters. The van der Waals surface area contributed by atoms with Crippen molar-refractivity contribution in [1.29, 1.82) is 0 Å². The highest BCUT2D eigenvalue weighted by atomic mass is 32.1. The third kappa shape index (κ3) is 2.61. The fraction of sp³-hybridized carbons (Fsp3) is 0.364. The number of nitrogens with one attached hydrogen (secondary N) is 1. The van der Waals surface area contributed by atoms with Gasteiger partial charge in [-0.1, -0.05) is 0 Å². The van der Waals surface area contributed by atoms with Gasteiger partial charge in [0.15, 0.2) is 0 Å². The Morgan fingerprint density at radius 2 is 2.25 bits per heavy atom. The second-order valence-corrected chi connectivity index (χ2v) is 6.29. The molecule has 0 aliphatic carbocycles. The summed E-state index contributed by atoms with van der Waals surface area (Å²) in [7, 11) is 0. The van der Waals surface area contributed by atoms with Gasteiger partial charge in [-0.2, -0.15) is 0 Å². The molecular formula is C11H13NO2S2. The fourth-order valence-electron chi connectivity index (χ4n) is 1.26. The Balaban J connectivity index is 2.08. The molecule has 0 aliphatic rings. The van der Waals surface area contributed by atoms with Crippen molar-refractivity contribution in [3.8, 4) is 0 Å². The van der Waals surface area contributed by atoms with E-state index in [1.807, 2.05) is 17.5 Å². The van der Waals surface area contributed by atoms with Crippen molar-refractivity contribution < 1.29 is 9.90 Å². The van der Waals surface area contributed by atoms with Crippen molar-refractivity contribution in [2.24, 2.45) is 0 Å². The predicted molar refractivity (Wildman–Crippen MR) is 68.3 cm³/mol. The minimum absolute atomic E-state index is 0.115. The van der Waals surface area contributed by atoms with Crippen LogP contribution in [0.2, 0.25) is 0 Å². The monoisotopic (exact) mass is 255 g/mol. The molecule has 0 aromatic carbocycles. The summed E-state index contributed by atoms with van der Waals surface area (Å²) in [5.74, 6) is -0.115. The lowest BCUT2D eigenvalue weighted by molar-refractivity contribution is 0.0696. The summed E-state index contributed by atoms with van der Waals surface area (Å²) >= 11 is 3.11. The van der Waals surface area contributed by atoms with Gasteiger partial charge >= 0.3 is 0 Å². The number of thiophene rings is 2. The highest BCUT2D eigenvalue weighted by Crippen LogP contribution is 2.29. The van der Waals surface area contributed by atoms with Gasteiger partial charge in [-0.3, -0.25) is 4.79 Å². The number of rotatable bonds is 3. The number of amides is 1. The smallest absolute Gasteiger partial charge is 0.261 e. The van der Waals surface area contributed by atoms with Gasteiger partial charge in [-0.05, 0) is 31.4 Å². The molecule has 2 aromatic heterocycles. The number of aliphatic hydroxyl groups is 1. The highest BCUT2D eigenvalue weighted by Gasteiger charge is 2.16. The van der Waals surface area contributed by atoms with Gasteiger partial charge in [0.25, 0.3) is 5.91 Å². The largest absolute Gasteiger partial charge is 0.389 e. The van der Waals surface area contributed by atoms with Crippen molar-refractivity contribution in [3.63, 3.8) is 0 Å². The molecular weight excluding hydrogens is 242 g/mol. The quantitative estimate of drug-likeness (QED) is 0.885. The van der Waals surface area contributed by atoms with Crippen LogP contribution in [0.4, 0.5) is 0 Å². The summed E-state index contributed by atoms with van der Waals surface area (Å²) in [5, 5.41) is 14.2. The summed E-state index contributed by atoms with van der Waals surface area (Å²) < 4.78 is 2.27. The first-order chi connectivity index (χ1) is 7.46. The van der Waals surface area contributed by atoms with Crippen molar-refractivity contribution in [1.82, 2.24) is 5.32 Å². The number of carbonyl (C=O) groups excluding carboxylic acids is 1. The third-order valence-corrected chi connectivity index (χ3v) is 4.14. The molecule has 1 amide bonds. The average Bonchev–Trinajstić information content (AvgIpc) is 2.71. The second kappa shape index (κ2) is 4.16. The van der Waals surface area contributed by atoms with Crippen LogP contribution in [0.1, 0.15) is 23.5 Å². The van der Waals surface area contributed by atoms with E-state index < -0.39 is 5.60 Å². The van der Waals surface area contributed by atoms with Gasteiger partial charge in [0.05, 0.1) is 10.5 Å².